The lowest BCUT2D eigenvalue weighted by Gasteiger charge is -2.26. The lowest BCUT2D eigenvalue weighted by Crippen LogP contribution is -2.46. The highest BCUT2D eigenvalue weighted by atomic mass is 35.5. The van der Waals surface area contributed by atoms with Gasteiger partial charge < -0.3 is 16.0 Å². The Morgan fingerprint density at radius 3 is 2.55 bits per heavy atom. The molecule has 0 spiro atoms. The lowest BCUT2D eigenvalue weighted by atomic mass is 9.88. The molecule has 0 aromatic heterocycles. The lowest BCUT2D eigenvalue weighted by molar-refractivity contribution is -0.135. The van der Waals surface area contributed by atoms with Gasteiger partial charge in [0.1, 0.15) is 0 Å². The SMILES string of the molecule is CCCC(N)C(=O)NC1CCN(C(=O)C2CCCCC2)C1.Cl. The third kappa shape index (κ3) is 5.13. The van der Waals surface area contributed by atoms with Crippen LogP contribution in [0, 0.1) is 5.92 Å². The van der Waals surface area contributed by atoms with Crippen LogP contribution >= 0.6 is 12.4 Å². The fourth-order valence-electron chi connectivity index (χ4n) is 3.44. The maximum atomic E-state index is 12.5. The molecule has 6 heteroatoms. The van der Waals surface area contributed by atoms with Crippen LogP contribution in [0.4, 0.5) is 0 Å². The Hall–Kier alpha value is -0.810. The molecule has 1 saturated heterocycles. The number of carbonyl (C=O) groups excluding carboxylic acids is 2. The second-order valence-corrected chi connectivity index (χ2v) is 6.51. The highest BCUT2D eigenvalue weighted by Gasteiger charge is 2.32. The molecule has 2 aliphatic rings. The summed E-state index contributed by atoms with van der Waals surface area (Å²) in [4.78, 5) is 26.3. The zero-order valence-electron chi connectivity index (χ0n) is 13.6. The number of halogens is 1. The van der Waals surface area contributed by atoms with Crippen LogP contribution in [0.5, 0.6) is 0 Å². The van der Waals surface area contributed by atoms with E-state index < -0.39 is 6.04 Å². The van der Waals surface area contributed by atoms with Gasteiger partial charge in [0, 0.05) is 25.0 Å². The average Bonchev–Trinajstić information content (AvgIpc) is 2.96. The molecular weight excluding hydrogens is 302 g/mol. The second-order valence-electron chi connectivity index (χ2n) is 6.51. The van der Waals surface area contributed by atoms with Gasteiger partial charge in [-0.15, -0.1) is 12.4 Å². The zero-order valence-corrected chi connectivity index (χ0v) is 14.4. The summed E-state index contributed by atoms with van der Waals surface area (Å²) >= 11 is 0. The van der Waals surface area contributed by atoms with E-state index in [1.54, 1.807) is 0 Å². The number of nitrogens with one attached hydrogen (secondary N) is 1. The molecule has 0 aromatic carbocycles. The molecule has 2 fully saturated rings. The molecule has 1 heterocycles. The summed E-state index contributed by atoms with van der Waals surface area (Å²) < 4.78 is 0. The number of carbonyl (C=O) groups is 2. The number of nitrogens with zero attached hydrogens (tertiary/aromatic N) is 1. The molecule has 22 heavy (non-hydrogen) atoms. The molecule has 0 radical (unpaired) electrons. The predicted molar refractivity (Wildman–Crippen MR) is 89.8 cm³/mol. The van der Waals surface area contributed by atoms with Crippen LogP contribution < -0.4 is 11.1 Å². The van der Waals surface area contributed by atoms with E-state index >= 15 is 0 Å². The molecule has 1 aliphatic heterocycles. The minimum absolute atomic E-state index is 0. The molecular formula is C16H30ClN3O2. The first-order valence-corrected chi connectivity index (χ1v) is 8.46. The molecule has 2 unspecified atom stereocenters. The van der Waals surface area contributed by atoms with Crippen molar-refractivity contribution in [1.29, 1.82) is 0 Å². The van der Waals surface area contributed by atoms with Crippen LogP contribution in [-0.2, 0) is 9.59 Å². The average molecular weight is 332 g/mol. The fourth-order valence-corrected chi connectivity index (χ4v) is 3.44. The molecule has 3 N–H and O–H groups in total. The van der Waals surface area contributed by atoms with E-state index in [1.165, 1.54) is 19.3 Å². The Morgan fingerprint density at radius 2 is 1.91 bits per heavy atom. The van der Waals surface area contributed by atoms with Gasteiger partial charge in [-0.1, -0.05) is 32.6 Å². The molecule has 2 amide bonds. The monoisotopic (exact) mass is 331 g/mol. The Morgan fingerprint density at radius 1 is 1.23 bits per heavy atom. The third-order valence-electron chi connectivity index (χ3n) is 4.74. The fraction of sp³-hybridized carbons (Fsp3) is 0.875. The van der Waals surface area contributed by atoms with Crippen molar-refractivity contribution in [2.75, 3.05) is 13.1 Å². The highest BCUT2D eigenvalue weighted by Crippen LogP contribution is 2.26. The number of hydrogen-bond donors (Lipinski definition) is 2. The first-order chi connectivity index (χ1) is 10.1. The van der Waals surface area contributed by atoms with Gasteiger partial charge in [-0.25, -0.2) is 0 Å². The minimum atomic E-state index is -0.418. The van der Waals surface area contributed by atoms with E-state index in [0.717, 1.165) is 32.2 Å². The largest absolute Gasteiger partial charge is 0.350 e. The van der Waals surface area contributed by atoms with Crippen molar-refractivity contribution in [3.63, 3.8) is 0 Å². The Balaban J connectivity index is 0.00000242. The maximum absolute atomic E-state index is 12.5. The minimum Gasteiger partial charge on any atom is -0.350 e. The van der Waals surface area contributed by atoms with E-state index in [9.17, 15) is 9.59 Å². The van der Waals surface area contributed by atoms with Gasteiger partial charge in [0.15, 0.2) is 0 Å². The summed E-state index contributed by atoms with van der Waals surface area (Å²) in [6.07, 6.45) is 8.16. The normalized spacial score (nSPS) is 23.7. The molecule has 128 valence electrons. The first kappa shape index (κ1) is 19.2. The van der Waals surface area contributed by atoms with E-state index in [0.29, 0.717) is 18.9 Å². The quantitative estimate of drug-likeness (QED) is 0.807. The van der Waals surface area contributed by atoms with Crippen molar-refractivity contribution >= 4 is 24.2 Å². The zero-order chi connectivity index (χ0) is 15.2. The second kappa shape index (κ2) is 9.36. The van der Waals surface area contributed by atoms with Crippen molar-refractivity contribution in [3.8, 4) is 0 Å². The molecule has 1 saturated carbocycles. The van der Waals surface area contributed by atoms with Crippen LogP contribution in [0.15, 0.2) is 0 Å². The van der Waals surface area contributed by atoms with Crippen molar-refractivity contribution in [2.24, 2.45) is 11.7 Å². The van der Waals surface area contributed by atoms with Gasteiger partial charge in [0.25, 0.3) is 0 Å². The van der Waals surface area contributed by atoms with Gasteiger partial charge in [0.05, 0.1) is 6.04 Å². The molecule has 0 bridgehead atoms. The molecule has 2 atom stereocenters. The Labute approximate surface area is 139 Å². The molecule has 5 nitrogen and oxygen atoms in total. The highest BCUT2D eigenvalue weighted by molar-refractivity contribution is 5.85. The summed E-state index contributed by atoms with van der Waals surface area (Å²) in [7, 11) is 0. The van der Waals surface area contributed by atoms with Crippen LogP contribution in [0.3, 0.4) is 0 Å². The van der Waals surface area contributed by atoms with Crippen molar-refractivity contribution in [1.82, 2.24) is 10.2 Å². The van der Waals surface area contributed by atoms with Gasteiger partial charge in [0.2, 0.25) is 11.8 Å². The smallest absolute Gasteiger partial charge is 0.237 e. The van der Waals surface area contributed by atoms with Crippen molar-refractivity contribution in [2.45, 2.75) is 70.4 Å². The van der Waals surface area contributed by atoms with E-state index in [2.05, 4.69) is 5.32 Å². The topological polar surface area (TPSA) is 75.4 Å². The number of hydrogen-bond acceptors (Lipinski definition) is 3. The van der Waals surface area contributed by atoms with Gasteiger partial charge >= 0.3 is 0 Å². The van der Waals surface area contributed by atoms with Crippen LogP contribution in [0.25, 0.3) is 0 Å². The first-order valence-electron chi connectivity index (χ1n) is 8.46. The number of nitrogens with two attached hydrogens (primary N) is 1. The summed E-state index contributed by atoms with van der Waals surface area (Å²) in [5.74, 6) is 0.439. The number of amides is 2. The molecule has 2 rings (SSSR count). The van der Waals surface area contributed by atoms with Gasteiger partial charge in [-0.2, -0.15) is 0 Å². The molecule has 0 aromatic rings. The third-order valence-corrected chi connectivity index (χ3v) is 4.74. The van der Waals surface area contributed by atoms with E-state index in [1.807, 2.05) is 11.8 Å². The van der Waals surface area contributed by atoms with Crippen LogP contribution in [-0.4, -0.2) is 41.9 Å². The predicted octanol–water partition coefficient (Wildman–Crippen LogP) is 1.83. The van der Waals surface area contributed by atoms with Crippen LogP contribution in [0.2, 0.25) is 0 Å². The number of likely N-dealkylation sites (tertiary alicyclic amines) is 1. The van der Waals surface area contributed by atoms with Crippen molar-refractivity contribution in [3.05, 3.63) is 0 Å². The Bertz CT molecular complexity index is 372. The number of rotatable bonds is 5. The van der Waals surface area contributed by atoms with Crippen molar-refractivity contribution < 1.29 is 9.59 Å². The van der Waals surface area contributed by atoms with E-state index in [4.69, 9.17) is 5.73 Å². The van der Waals surface area contributed by atoms with Gasteiger partial charge in [-0.3, -0.25) is 9.59 Å². The molecule has 1 aliphatic carbocycles. The van der Waals surface area contributed by atoms with Crippen LogP contribution in [0.1, 0.15) is 58.3 Å². The summed E-state index contributed by atoms with van der Waals surface area (Å²) in [5.41, 5.74) is 5.82. The van der Waals surface area contributed by atoms with Gasteiger partial charge in [-0.05, 0) is 25.7 Å². The summed E-state index contributed by atoms with van der Waals surface area (Å²) in [6, 6.07) is -0.342. The summed E-state index contributed by atoms with van der Waals surface area (Å²) in [5, 5.41) is 2.99. The standard InChI is InChI=1S/C16H29N3O2.ClH/c1-2-6-14(17)15(20)18-13-9-10-19(11-13)16(21)12-7-4-3-5-8-12;/h12-14H,2-11,17H2,1H3,(H,18,20);1H. The maximum Gasteiger partial charge on any atom is 0.237 e. The summed E-state index contributed by atoms with van der Waals surface area (Å²) in [6.45, 7) is 3.44. The Kier molecular flexibility index (Phi) is 8.18. The van der Waals surface area contributed by atoms with E-state index in [-0.39, 0.29) is 30.3 Å².